The molecule has 0 spiro atoms. The zero-order chi connectivity index (χ0) is 18.4. The van der Waals surface area contributed by atoms with E-state index < -0.39 is 0 Å². The van der Waals surface area contributed by atoms with Crippen LogP contribution in [0.1, 0.15) is 38.5 Å². The first-order chi connectivity index (χ1) is 12.6. The fourth-order valence-electron chi connectivity index (χ4n) is 3.35. The van der Waals surface area contributed by atoms with Crippen molar-refractivity contribution < 1.29 is 9.59 Å². The number of amides is 2. The third-order valence-corrected chi connectivity index (χ3v) is 5.92. The topological polar surface area (TPSA) is 81.7 Å². The Labute approximate surface area is 158 Å². The molecule has 3 heterocycles. The summed E-state index contributed by atoms with van der Waals surface area (Å²) in [6.07, 6.45) is 6.35. The van der Waals surface area contributed by atoms with Crippen LogP contribution < -0.4 is 15.1 Å². The highest BCUT2D eigenvalue weighted by atomic mass is 32.1. The van der Waals surface area contributed by atoms with Crippen LogP contribution >= 0.6 is 11.3 Å². The van der Waals surface area contributed by atoms with Gasteiger partial charge in [0.05, 0.1) is 6.54 Å². The molecule has 144 valence electrons. The van der Waals surface area contributed by atoms with E-state index in [1.807, 2.05) is 7.05 Å². The van der Waals surface area contributed by atoms with Gasteiger partial charge in [-0.3, -0.25) is 14.5 Å². The maximum absolute atomic E-state index is 12.1. The second kappa shape index (κ2) is 9.27. The van der Waals surface area contributed by atoms with Crippen molar-refractivity contribution in [3.8, 4) is 0 Å². The summed E-state index contributed by atoms with van der Waals surface area (Å²) < 4.78 is 0. The number of aromatic nitrogens is 2. The SMILES string of the molecule is CN(CC(=O)NCCN1CCCCC1)c1nnc(N2CCCCC2=O)s1. The molecule has 26 heavy (non-hydrogen) atoms. The van der Waals surface area contributed by atoms with Crippen molar-refractivity contribution in [2.75, 3.05) is 56.1 Å². The number of hydrogen-bond acceptors (Lipinski definition) is 7. The van der Waals surface area contributed by atoms with Crippen LogP contribution in [0.5, 0.6) is 0 Å². The summed E-state index contributed by atoms with van der Waals surface area (Å²) >= 11 is 1.36. The molecule has 2 aliphatic heterocycles. The van der Waals surface area contributed by atoms with Gasteiger partial charge in [0.1, 0.15) is 0 Å². The second-order valence-corrected chi connectivity index (χ2v) is 7.91. The Morgan fingerprint density at radius 3 is 2.69 bits per heavy atom. The Balaban J connectivity index is 1.43. The molecule has 0 aliphatic carbocycles. The molecular formula is C17H28N6O2S. The lowest BCUT2D eigenvalue weighted by Gasteiger charge is -2.26. The zero-order valence-corrected chi connectivity index (χ0v) is 16.3. The molecule has 1 N–H and O–H groups in total. The van der Waals surface area contributed by atoms with Crippen LogP contribution in [0.4, 0.5) is 10.3 Å². The summed E-state index contributed by atoms with van der Waals surface area (Å²) in [4.78, 5) is 30.0. The van der Waals surface area contributed by atoms with Gasteiger partial charge in [-0.25, -0.2) is 0 Å². The average molecular weight is 381 g/mol. The maximum Gasteiger partial charge on any atom is 0.239 e. The van der Waals surface area contributed by atoms with Crippen molar-refractivity contribution in [3.05, 3.63) is 0 Å². The molecule has 1 aromatic rings. The van der Waals surface area contributed by atoms with Crippen LogP contribution in [0.25, 0.3) is 0 Å². The Morgan fingerprint density at radius 1 is 1.15 bits per heavy atom. The van der Waals surface area contributed by atoms with Gasteiger partial charge in [0.25, 0.3) is 0 Å². The standard InChI is InChI=1S/C17H28N6O2S/c1-21(13-14(24)18-8-12-22-9-4-2-5-10-22)16-19-20-17(26-16)23-11-6-3-7-15(23)25/h2-13H2,1H3,(H,18,24). The van der Waals surface area contributed by atoms with E-state index in [2.05, 4.69) is 20.4 Å². The van der Waals surface area contributed by atoms with Crippen LogP contribution in [0.2, 0.25) is 0 Å². The van der Waals surface area contributed by atoms with E-state index >= 15 is 0 Å². The van der Waals surface area contributed by atoms with Crippen molar-refractivity contribution in [3.63, 3.8) is 0 Å². The number of carbonyl (C=O) groups excluding carboxylic acids is 2. The van der Waals surface area contributed by atoms with E-state index in [4.69, 9.17) is 0 Å². The lowest BCUT2D eigenvalue weighted by atomic mass is 10.1. The highest BCUT2D eigenvalue weighted by Gasteiger charge is 2.24. The number of carbonyl (C=O) groups is 2. The summed E-state index contributed by atoms with van der Waals surface area (Å²) in [5, 5.41) is 12.5. The molecule has 0 radical (unpaired) electrons. The summed E-state index contributed by atoms with van der Waals surface area (Å²) in [5.41, 5.74) is 0. The molecule has 3 rings (SSSR count). The minimum atomic E-state index is -0.0182. The summed E-state index contributed by atoms with van der Waals surface area (Å²) in [6.45, 7) is 4.81. The van der Waals surface area contributed by atoms with Crippen LogP contribution in [-0.4, -0.2) is 73.2 Å². The van der Waals surface area contributed by atoms with Gasteiger partial charge >= 0.3 is 0 Å². The number of piperidine rings is 2. The van der Waals surface area contributed by atoms with Crippen LogP contribution in [0, 0.1) is 0 Å². The molecule has 2 fully saturated rings. The Kier molecular flexibility index (Phi) is 6.79. The smallest absolute Gasteiger partial charge is 0.239 e. The number of nitrogens with one attached hydrogen (secondary N) is 1. The van der Waals surface area contributed by atoms with E-state index in [0.717, 1.165) is 32.5 Å². The normalized spacial score (nSPS) is 18.8. The molecule has 2 saturated heterocycles. The van der Waals surface area contributed by atoms with E-state index in [1.165, 1.54) is 30.6 Å². The Bertz CT molecular complexity index is 616. The van der Waals surface area contributed by atoms with Gasteiger partial charge in [0.2, 0.25) is 22.1 Å². The second-order valence-electron chi connectivity index (χ2n) is 6.98. The first kappa shape index (κ1) is 19.0. The summed E-state index contributed by atoms with van der Waals surface area (Å²) in [6, 6.07) is 0. The lowest BCUT2D eigenvalue weighted by molar-refractivity contribution is -0.120. The van der Waals surface area contributed by atoms with E-state index in [-0.39, 0.29) is 18.4 Å². The predicted octanol–water partition coefficient (Wildman–Crippen LogP) is 1.09. The van der Waals surface area contributed by atoms with Crippen LogP contribution in [-0.2, 0) is 9.59 Å². The third kappa shape index (κ3) is 5.14. The van der Waals surface area contributed by atoms with Gasteiger partial charge in [-0.05, 0) is 38.8 Å². The highest BCUT2D eigenvalue weighted by Crippen LogP contribution is 2.28. The van der Waals surface area contributed by atoms with Crippen molar-refractivity contribution in [2.24, 2.45) is 0 Å². The van der Waals surface area contributed by atoms with Gasteiger partial charge in [0, 0.05) is 33.1 Å². The fourth-order valence-corrected chi connectivity index (χ4v) is 4.21. The van der Waals surface area contributed by atoms with Gasteiger partial charge in [-0.2, -0.15) is 0 Å². The monoisotopic (exact) mass is 380 g/mol. The number of anilines is 2. The van der Waals surface area contributed by atoms with Crippen LogP contribution in [0.15, 0.2) is 0 Å². The molecule has 8 nitrogen and oxygen atoms in total. The van der Waals surface area contributed by atoms with Crippen molar-refractivity contribution in [1.29, 1.82) is 0 Å². The fraction of sp³-hybridized carbons (Fsp3) is 0.765. The Morgan fingerprint density at radius 2 is 1.92 bits per heavy atom. The maximum atomic E-state index is 12.1. The van der Waals surface area contributed by atoms with E-state index in [9.17, 15) is 9.59 Å². The lowest BCUT2D eigenvalue weighted by Crippen LogP contribution is -2.41. The van der Waals surface area contributed by atoms with Gasteiger partial charge in [-0.1, -0.05) is 17.8 Å². The predicted molar refractivity (Wildman–Crippen MR) is 103 cm³/mol. The van der Waals surface area contributed by atoms with Crippen molar-refractivity contribution in [2.45, 2.75) is 38.5 Å². The van der Waals surface area contributed by atoms with Crippen molar-refractivity contribution >= 4 is 33.4 Å². The molecule has 0 unspecified atom stereocenters. The molecule has 1 aromatic heterocycles. The number of likely N-dealkylation sites (N-methyl/N-ethyl adjacent to an activating group) is 1. The quantitative estimate of drug-likeness (QED) is 0.763. The Hall–Kier alpha value is -1.74. The number of rotatable bonds is 7. The van der Waals surface area contributed by atoms with Crippen molar-refractivity contribution in [1.82, 2.24) is 20.4 Å². The molecule has 0 aromatic carbocycles. The molecule has 9 heteroatoms. The zero-order valence-electron chi connectivity index (χ0n) is 15.4. The minimum Gasteiger partial charge on any atom is -0.353 e. The van der Waals surface area contributed by atoms with Gasteiger partial charge in [-0.15, -0.1) is 10.2 Å². The molecular weight excluding hydrogens is 352 g/mol. The van der Waals surface area contributed by atoms with Crippen LogP contribution in [0.3, 0.4) is 0 Å². The highest BCUT2D eigenvalue weighted by molar-refractivity contribution is 7.19. The number of hydrogen-bond donors (Lipinski definition) is 1. The average Bonchev–Trinajstić information content (AvgIpc) is 3.13. The number of nitrogens with zero attached hydrogens (tertiary/aromatic N) is 5. The molecule has 2 amide bonds. The van der Waals surface area contributed by atoms with Gasteiger partial charge in [0.15, 0.2) is 0 Å². The molecule has 0 atom stereocenters. The van der Waals surface area contributed by atoms with E-state index in [1.54, 1.807) is 9.80 Å². The molecule has 0 saturated carbocycles. The van der Waals surface area contributed by atoms with Gasteiger partial charge < -0.3 is 15.1 Å². The van der Waals surface area contributed by atoms with E-state index in [0.29, 0.717) is 29.8 Å². The minimum absolute atomic E-state index is 0.0182. The summed E-state index contributed by atoms with van der Waals surface area (Å²) in [7, 11) is 1.83. The molecule has 2 aliphatic rings. The number of likely N-dealkylation sites (tertiary alicyclic amines) is 1. The first-order valence-electron chi connectivity index (χ1n) is 9.47. The summed E-state index contributed by atoms with van der Waals surface area (Å²) in [5.74, 6) is 0.0902. The molecule has 0 bridgehead atoms. The largest absolute Gasteiger partial charge is 0.353 e. The first-order valence-corrected chi connectivity index (χ1v) is 10.3. The third-order valence-electron chi connectivity index (χ3n) is 4.86.